The van der Waals surface area contributed by atoms with Gasteiger partial charge < -0.3 is 185 Å². The van der Waals surface area contributed by atoms with Gasteiger partial charge in [0.25, 0.3) is 0 Å². The average Bonchev–Trinajstić information content (AvgIpc) is 0.884. The second kappa shape index (κ2) is 31.9. The third-order valence-corrected chi connectivity index (χ3v) is 18.5. The number of hydrogen-bond donors (Lipinski definition) is 23. The molecule has 0 aromatic heterocycles. The number of rotatable bonds is 15. The summed E-state index contributed by atoms with van der Waals surface area (Å²) in [6, 6.07) is -2.94. The zero-order chi connectivity index (χ0) is 65.2. The molecule has 0 spiro atoms. The predicted molar refractivity (Wildman–Crippen MR) is 280 cm³/mol. The van der Waals surface area contributed by atoms with E-state index in [4.69, 9.17) is 77.8 Å². The molecule has 21 rings (SSSR count). The van der Waals surface area contributed by atoms with Crippen LogP contribution in [0.25, 0.3) is 0 Å². The number of nitrogens with two attached hydrogens (primary N) is 2. The van der Waals surface area contributed by atoms with Crippen molar-refractivity contribution in [2.45, 2.75) is 227 Å². The first-order valence-electron chi connectivity index (χ1n) is 28.1. The highest BCUT2D eigenvalue weighted by atomic mass is 32.2. The fraction of sp³-hybridized carbons (Fsp3) is 0.958. The molecule has 0 aromatic carbocycles. The van der Waals surface area contributed by atoms with Crippen molar-refractivity contribution in [3.8, 4) is 0 Å². The Kier molecular flexibility index (Phi) is 26.2. The van der Waals surface area contributed by atoms with Crippen LogP contribution in [0.2, 0.25) is 0 Å². The van der Waals surface area contributed by atoms with E-state index >= 15 is 0 Å². The number of thioether (sulfide) groups is 2. The molecule has 21 aliphatic heterocycles. The summed E-state index contributed by atoms with van der Waals surface area (Å²) in [6.07, 6.45) is -71.4. The summed E-state index contributed by atoms with van der Waals surface area (Å²) in [5, 5.41) is 233. The summed E-state index contributed by atoms with van der Waals surface area (Å²) in [7, 11) is 0. The van der Waals surface area contributed by atoms with Gasteiger partial charge in [-0.05, 0) is 0 Å². The zero-order valence-electron chi connectivity index (χ0n) is 46.6. The van der Waals surface area contributed by atoms with Gasteiger partial charge in [-0.1, -0.05) is 0 Å². The quantitative estimate of drug-likeness (QED) is 0.0724. The summed E-state index contributed by atoms with van der Waals surface area (Å²) < 4.78 is 81.6. The van der Waals surface area contributed by atoms with Gasteiger partial charge in [0.15, 0.2) is 44.0 Å². The van der Waals surface area contributed by atoms with Crippen LogP contribution in [0, 0.1) is 0 Å². The minimum atomic E-state index is -2.27. The lowest BCUT2D eigenvalue weighted by Gasteiger charge is -2.50. The molecular formula is C48H80N2O37S2. The Morgan fingerprint density at radius 3 is 0.596 bits per heavy atom. The number of aliphatic carboxylic acids is 2. The molecule has 25 N–H and O–H groups in total. The molecule has 21 fully saturated rings. The Labute approximate surface area is 511 Å². The van der Waals surface area contributed by atoms with Crippen molar-refractivity contribution in [2.24, 2.45) is 11.5 Å². The molecule has 14 unspecified atom stereocenters. The molecule has 21 saturated heterocycles. The highest BCUT2D eigenvalue weighted by Crippen LogP contribution is 2.40. The van der Waals surface area contributed by atoms with E-state index in [-0.39, 0.29) is 11.5 Å². The molecule has 516 valence electrons. The molecular weight excluding hydrogens is 1260 g/mol. The molecule has 37 atom stereocenters. The minimum absolute atomic E-state index is 0.319. The third kappa shape index (κ3) is 15.9. The van der Waals surface area contributed by atoms with Gasteiger partial charge in [0.05, 0.1) is 45.2 Å². The van der Waals surface area contributed by atoms with Gasteiger partial charge in [-0.15, -0.1) is 0 Å². The first kappa shape index (κ1) is 73.1. The van der Waals surface area contributed by atoms with Crippen molar-refractivity contribution in [3.05, 3.63) is 0 Å². The van der Waals surface area contributed by atoms with Crippen LogP contribution in [-0.4, -0.2) is 402 Å². The third-order valence-electron chi connectivity index (χ3n) is 16.2. The van der Waals surface area contributed by atoms with Crippen LogP contribution in [0.5, 0.6) is 0 Å². The van der Waals surface area contributed by atoms with Gasteiger partial charge in [-0.3, -0.25) is 9.59 Å². The summed E-state index contributed by atoms with van der Waals surface area (Å²) in [5.41, 5.74) is 11.4. The van der Waals surface area contributed by atoms with E-state index in [1.165, 1.54) is 0 Å². The van der Waals surface area contributed by atoms with E-state index in [9.17, 15) is 117 Å². The van der Waals surface area contributed by atoms with Gasteiger partial charge >= 0.3 is 11.9 Å². The van der Waals surface area contributed by atoms with Gasteiger partial charge in [0.1, 0.15) is 171 Å². The lowest BCUT2D eigenvalue weighted by Crippen LogP contribution is -2.68. The van der Waals surface area contributed by atoms with E-state index < -0.39 is 284 Å². The second-order valence-corrected chi connectivity index (χ2v) is 24.4. The Morgan fingerprint density at radius 1 is 0.281 bits per heavy atom. The van der Waals surface area contributed by atoms with Crippen LogP contribution in [0.4, 0.5) is 0 Å². The molecule has 0 amide bonds. The van der Waals surface area contributed by atoms with E-state index in [0.717, 1.165) is 23.5 Å². The number of ether oxygens (including phenoxy) is 14. The number of aliphatic hydroxyl groups excluding tert-OH is 19. The van der Waals surface area contributed by atoms with Gasteiger partial charge in [-0.25, -0.2) is 0 Å². The van der Waals surface area contributed by atoms with E-state index in [1.807, 2.05) is 0 Å². The van der Waals surface area contributed by atoms with Crippen molar-refractivity contribution in [1.29, 1.82) is 0 Å². The molecule has 14 bridgehead atoms. The molecule has 0 aliphatic carbocycles. The van der Waals surface area contributed by atoms with Crippen molar-refractivity contribution in [3.63, 3.8) is 0 Å². The van der Waals surface area contributed by atoms with Crippen molar-refractivity contribution >= 4 is 35.5 Å². The van der Waals surface area contributed by atoms with Crippen LogP contribution in [0.3, 0.4) is 0 Å². The lowest BCUT2D eigenvalue weighted by molar-refractivity contribution is -0.395. The average molecular weight is 1340 g/mol. The Hall–Kier alpha value is -1.76. The number of carbonyl (C=O) groups is 2. The molecule has 21 aliphatic rings. The fourth-order valence-electron chi connectivity index (χ4n) is 11.2. The topological polar surface area (TPSA) is 640 Å². The molecule has 0 radical (unpaired) electrons. The SMILES string of the molecule is N[C@H](CSCC1O[C@H]2O[C@@H]3C(CO)O[C@@H](O[C@@H]4C(CO)O[C@H](O[C@@H]5C(CO)O[C@@H](O[C@@H]6C(CSC[C@@H](N)C(=O)O)O[C@H](O[C@@H]7C(CO)O[C@@H](O[C@@H]8C(CO)O[C@@H](O[C@H]1C(O)[C@@H]2O)[C@@H](O)C8O)C(O)[C@H]7O)C(O)[C@H]6O)C(O)[C@H]5O)[C@@H](O)C4O)[C@@H](O)C3O)C(=O)O. The predicted octanol–water partition coefficient (Wildman–Crippen LogP) is -14.9. The van der Waals surface area contributed by atoms with E-state index in [2.05, 4.69) is 0 Å². The smallest absolute Gasteiger partial charge is 0.321 e. The second-order valence-electron chi connectivity index (χ2n) is 22.3. The van der Waals surface area contributed by atoms with E-state index in [1.54, 1.807) is 0 Å². The summed E-state index contributed by atoms with van der Waals surface area (Å²) in [5.74, 6) is -4.26. The zero-order valence-corrected chi connectivity index (χ0v) is 48.3. The maximum atomic E-state index is 11.7. The number of carboxylic acids is 2. The number of carboxylic acid groups (broad SMARTS) is 2. The summed E-state index contributed by atoms with van der Waals surface area (Å²) in [4.78, 5) is 23.2. The molecule has 21 heterocycles. The highest BCUT2D eigenvalue weighted by molar-refractivity contribution is 7.99. The first-order valence-corrected chi connectivity index (χ1v) is 30.4. The maximum absolute atomic E-state index is 11.7. The minimum Gasteiger partial charge on any atom is -0.480 e. The first-order chi connectivity index (χ1) is 42.2. The Morgan fingerprint density at radius 2 is 0.438 bits per heavy atom. The van der Waals surface area contributed by atoms with Crippen LogP contribution >= 0.6 is 23.5 Å². The highest BCUT2D eigenvalue weighted by Gasteiger charge is 2.60. The normalized spacial score (nSPS) is 50.1. The summed E-state index contributed by atoms with van der Waals surface area (Å²) >= 11 is 1.60. The number of hydrogen-bond acceptors (Lipinski definition) is 39. The van der Waals surface area contributed by atoms with Crippen LogP contribution in [0.1, 0.15) is 0 Å². The Bertz CT molecular complexity index is 2200. The van der Waals surface area contributed by atoms with Crippen LogP contribution in [-0.2, 0) is 75.9 Å². The molecule has 0 aromatic rings. The van der Waals surface area contributed by atoms with Crippen molar-refractivity contribution in [1.82, 2.24) is 0 Å². The lowest BCUT2D eigenvalue weighted by atomic mass is 9.95. The molecule has 39 nitrogen and oxygen atoms in total. The summed E-state index contributed by atoms with van der Waals surface area (Å²) in [6.45, 7) is -5.43. The Balaban J connectivity index is 1.11. The largest absolute Gasteiger partial charge is 0.480 e. The van der Waals surface area contributed by atoms with Crippen LogP contribution < -0.4 is 11.5 Å². The van der Waals surface area contributed by atoms with E-state index in [0.29, 0.717) is 0 Å². The molecule has 0 saturated carbocycles. The fourth-order valence-corrected chi connectivity index (χ4v) is 13.2. The van der Waals surface area contributed by atoms with Crippen molar-refractivity contribution in [2.75, 3.05) is 56.0 Å². The number of aliphatic hydroxyl groups is 19. The van der Waals surface area contributed by atoms with Gasteiger partial charge in [0.2, 0.25) is 0 Å². The van der Waals surface area contributed by atoms with Crippen molar-refractivity contribution < 1.29 is 183 Å². The van der Waals surface area contributed by atoms with Gasteiger partial charge in [-0.2, -0.15) is 23.5 Å². The van der Waals surface area contributed by atoms with Crippen LogP contribution in [0.15, 0.2) is 0 Å². The molecule has 41 heteroatoms. The standard InChI is InChI=1S/C48H80N2O37S2/c49-10(40(70)71)6-88-8-17-38-25(62)32(69)48(80-17)85-37-16(5-55)76-44(28(65)21(37)58)83-35-14(3-53)78-46(30(67)23(35)60)87-39-18(9-89-7-11(50)41(72)73)79-47(31(68)24(39)61)84-36-15(4-54)75-43(27(64)20(36)57)81-33-12(1-51)74-42(26(63)19(33)56)82-34-13(2-52)77-45(86-38)29(66)22(34)59/h10-39,42-48,51-69H,1-9,49-50H2,(H,70,71)(H,72,73)/t10-,11-,12?,13?,14?,15?,16?,17?,18?,19?,20?,21-,22-,23?,24?,25-,26+,27+,28?,29?,30+,31+,32?,33-,34-,35-,36-,37-,38-,39-,42-,43+,44+,45+,46+,47+,48-/m1/s1. The molecule has 89 heavy (non-hydrogen) atoms. The maximum Gasteiger partial charge on any atom is 0.321 e. The van der Waals surface area contributed by atoms with Gasteiger partial charge in [0, 0.05) is 23.0 Å². The monoisotopic (exact) mass is 1340 g/mol.